The largest absolute Gasteiger partial charge is 0.286 e. The van der Waals surface area contributed by atoms with Crippen molar-refractivity contribution in [2.75, 3.05) is 13.1 Å². The molecule has 0 unspecified atom stereocenters. The number of aromatic nitrogens is 2. The summed E-state index contributed by atoms with van der Waals surface area (Å²) in [7, 11) is 0. The lowest BCUT2D eigenvalue weighted by Crippen LogP contribution is -2.45. The van der Waals surface area contributed by atoms with Crippen molar-refractivity contribution in [3.05, 3.63) is 68.8 Å². The van der Waals surface area contributed by atoms with Crippen LogP contribution in [-0.2, 0) is 0 Å². The lowest BCUT2D eigenvalue weighted by atomic mass is 10.1. The van der Waals surface area contributed by atoms with Crippen LogP contribution in [0.4, 0.5) is 0 Å². The van der Waals surface area contributed by atoms with Crippen LogP contribution in [-0.4, -0.2) is 33.8 Å². The minimum atomic E-state index is -0.185. The van der Waals surface area contributed by atoms with Crippen molar-refractivity contribution >= 4 is 33.4 Å². The number of halogens is 2. The van der Waals surface area contributed by atoms with Crippen molar-refractivity contribution in [2.24, 2.45) is 0 Å². The van der Waals surface area contributed by atoms with E-state index in [1.165, 1.54) is 6.42 Å². The lowest BCUT2D eigenvalue weighted by molar-refractivity contribution is 0.0743. The number of amides is 1. The number of benzene rings is 2. The predicted octanol–water partition coefficient (Wildman–Crippen LogP) is 5.70. The maximum Gasteiger partial charge on any atom is 0.286 e. The number of carbonyl (C=O) groups is 1. The van der Waals surface area contributed by atoms with Crippen LogP contribution in [0.3, 0.4) is 0 Å². The number of rotatable bonds is 4. The summed E-state index contributed by atoms with van der Waals surface area (Å²) in [4.78, 5) is 13.1. The van der Waals surface area contributed by atoms with Crippen LogP contribution in [0.5, 0.6) is 0 Å². The van der Waals surface area contributed by atoms with Gasteiger partial charge in [-0.3, -0.25) is 10.2 Å². The Balaban J connectivity index is 1.80. The number of hydrogen-bond acceptors (Lipinski definition) is 3. The number of piperidine rings is 1. The Hall–Kier alpha value is -2.15. The standard InChI is InChI=1S/C23H24BrClN4O/c1-15-6-11-20(19(25)14-15)29-22(17-7-9-18(24)10-8-17)16(2)21(26-29)23(30)27-28-12-4-3-5-13-28/h6-11,14H,3-5,12-13H2,1-2H3,(H,27,30). The van der Waals surface area contributed by atoms with Gasteiger partial charge in [0, 0.05) is 28.7 Å². The number of carbonyl (C=O) groups excluding carboxylic acids is 1. The molecule has 0 atom stereocenters. The first kappa shape index (κ1) is 21.1. The Morgan fingerprint density at radius 1 is 1.07 bits per heavy atom. The molecule has 7 heteroatoms. The van der Waals surface area contributed by atoms with Gasteiger partial charge in [0.05, 0.1) is 16.4 Å². The summed E-state index contributed by atoms with van der Waals surface area (Å²) in [5, 5.41) is 7.30. The highest BCUT2D eigenvalue weighted by Crippen LogP contribution is 2.32. The van der Waals surface area contributed by atoms with Crippen molar-refractivity contribution in [1.82, 2.24) is 20.2 Å². The van der Waals surface area contributed by atoms with Crippen LogP contribution in [0.2, 0.25) is 5.02 Å². The summed E-state index contributed by atoms with van der Waals surface area (Å²) >= 11 is 10.1. The van der Waals surface area contributed by atoms with Gasteiger partial charge in [0.15, 0.2) is 5.69 Å². The summed E-state index contributed by atoms with van der Waals surface area (Å²) in [5.74, 6) is -0.185. The van der Waals surface area contributed by atoms with Crippen molar-refractivity contribution in [3.8, 4) is 16.9 Å². The van der Waals surface area contributed by atoms with Gasteiger partial charge in [-0.1, -0.05) is 52.2 Å². The van der Waals surface area contributed by atoms with Gasteiger partial charge in [-0.05, 0) is 56.5 Å². The Labute approximate surface area is 190 Å². The molecule has 0 radical (unpaired) electrons. The molecule has 30 heavy (non-hydrogen) atoms. The average molecular weight is 488 g/mol. The molecular weight excluding hydrogens is 464 g/mol. The molecule has 156 valence electrons. The minimum Gasteiger partial charge on any atom is -0.283 e. The van der Waals surface area contributed by atoms with Gasteiger partial charge in [0.1, 0.15) is 0 Å². The molecule has 2 heterocycles. The van der Waals surface area contributed by atoms with Crippen LogP contribution in [0.1, 0.15) is 40.9 Å². The van der Waals surface area contributed by atoms with E-state index in [1.807, 2.05) is 61.3 Å². The fourth-order valence-electron chi connectivity index (χ4n) is 3.82. The second-order valence-electron chi connectivity index (χ2n) is 7.68. The summed E-state index contributed by atoms with van der Waals surface area (Å²) in [5.41, 5.74) is 7.91. The van der Waals surface area contributed by atoms with Crippen LogP contribution >= 0.6 is 27.5 Å². The monoisotopic (exact) mass is 486 g/mol. The van der Waals surface area contributed by atoms with E-state index >= 15 is 0 Å². The first-order valence-corrected chi connectivity index (χ1v) is 11.3. The minimum absolute atomic E-state index is 0.185. The molecule has 0 bridgehead atoms. The second-order valence-corrected chi connectivity index (χ2v) is 9.01. The van der Waals surface area contributed by atoms with Crippen LogP contribution < -0.4 is 5.43 Å². The molecule has 1 aromatic heterocycles. The Bertz CT molecular complexity index is 1070. The van der Waals surface area contributed by atoms with Crippen molar-refractivity contribution in [2.45, 2.75) is 33.1 Å². The van der Waals surface area contributed by atoms with E-state index in [0.717, 1.165) is 58.5 Å². The zero-order chi connectivity index (χ0) is 21.3. The molecule has 1 amide bonds. The molecule has 5 nitrogen and oxygen atoms in total. The van der Waals surface area contributed by atoms with Crippen LogP contribution in [0.15, 0.2) is 46.9 Å². The fraction of sp³-hybridized carbons (Fsp3) is 0.304. The number of hydrazine groups is 1. The van der Waals surface area contributed by atoms with Crippen LogP contribution in [0, 0.1) is 13.8 Å². The van der Waals surface area contributed by atoms with E-state index in [2.05, 4.69) is 21.4 Å². The molecule has 4 rings (SSSR count). The van der Waals surface area contributed by atoms with E-state index < -0.39 is 0 Å². The molecule has 0 aliphatic carbocycles. The quantitative estimate of drug-likeness (QED) is 0.513. The van der Waals surface area contributed by atoms with Gasteiger partial charge >= 0.3 is 0 Å². The molecular formula is C23H24BrClN4O. The van der Waals surface area contributed by atoms with E-state index in [0.29, 0.717) is 10.7 Å². The van der Waals surface area contributed by atoms with E-state index in [-0.39, 0.29) is 5.91 Å². The summed E-state index contributed by atoms with van der Waals surface area (Å²) in [6.45, 7) is 5.68. The number of nitrogens with zero attached hydrogens (tertiary/aromatic N) is 3. The van der Waals surface area contributed by atoms with E-state index in [1.54, 1.807) is 4.68 Å². The highest BCUT2D eigenvalue weighted by Gasteiger charge is 2.24. The SMILES string of the molecule is Cc1ccc(-n2nc(C(=O)NN3CCCCC3)c(C)c2-c2ccc(Br)cc2)c(Cl)c1. The topological polar surface area (TPSA) is 50.2 Å². The number of hydrogen-bond donors (Lipinski definition) is 1. The maximum absolute atomic E-state index is 13.1. The van der Waals surface area contributed by atoms with Crippen molar-refractivity contribution in [1.29, 1.82) is 0 Å². The molecule has 3 aromatic rings. The Morgan fingerprint density at radius 3 is 2.43 bits per heavy atom. The van der Waals surface area contributed by atoms with Gasteiger partial charge in [0.2, 0.25) is 0 Å². The summed E-state index contributed by atoms with van der Waals surface area (Å²) in [6, 6.07) is 13.8. The van der Waals surface area contributed by atoms with Crippen molar-refractivity contribution in [3.63, 3.8) is 0 Å². The zero-order valence-electron chi connectivity index (χ0n) is 17.1. The molecule has 1 aliphatic rings. The highest BCUT2D eigenvalue weighted by atomic mass is 79.9. The van der Waals surface area contributed by atoms with E-state index in [9.17, 15) is 4.79 Å². The first-order chi connectivity index (χ1) is 14.4. The Kier molecular flexibility index (Phi) is 6.27. The normalized spacial score (nSPS) is 14.7. The lowest BCUT2D eigenvalue weighted by Gasteiger charge is -2.26. The van der Waals surface area contributed by atoms with Crippen molar-refractivity contribution < 1.29 is 4.79 Å². The van der Waals surface area contributed by atoms with Crippen LogP contribution in [0.25, 0.3) is 16.9 Å². The van der Waals surface area contributed by atoms with Gasteiger partial charge in [-0.25, -0.2) is 9.69 Å². The third-order valence-corrected chi connectivity index (χ3v) is 6.23. The van der Waals surface area contributed by atoms with E-state index in [4.69, 9.17) is 16.7 Å². The highest BCUT2D eigenvalue weighted by molar-refractivity contribution is 9.10. The number of aryl methyl sites for hydroxylation is 1. The maximum atomic E-state index is 13.1. The third kappa shape index (κ3) is 4.31. The Morgan fingerprint density at radius 2 is 1.77 bits per heavy atom. The third-order valence-electron chi connectivity index (χ3n) is 5.40. The fourth-order valence-corrected chi connectivity index (χ4v) is 4.40. The van der Waals surface area contributed by atoms with Gasteiger partial charge < -0.3 is 0 Å². The molecule has 0 spiro atoms. The molecule has 1 fully saturated rings. The van der Waals surface area contributed by atoms with Gasteiger partial charge in [-0.15, -0.1) is 0 Å². The number of nitrogens with one attached hydrogen (secondary N) is 1. The van der Waals surface area contributed by atoms with Gasteiger partial charge in [-0.2, -0.15) is 5.10 Å². The zero-order valence-corrected chi connectivity index (χ0v) is 19.4. The van der Waals surface area contributed by atoms with Gasteiger partial charge in [0.25, 0.3) is 5.91 Å². The first-order valence-electron chi connectivity index (χ1n) is 10.1. The molecule has 1 aliphatic heterocycles. The molecule has 2 aromatic carbocycles. The second kappa shape index (κ2) is 8.92. The predicted molar refractivity (Wildman–Crippen MR) is 124 cm³/mol. The summed E-state index contributed by atoms with van der Waals surface area (Å²) < 4.78 is 2.78. The molecule has 1 saturated heterocycles. The average Bonchev–Trinajstić information content (AvgIpc) is 3.06. The molecule has 0 saturated carbocycles. The summed E-state index contributed by atoms with van der Waals surface area (Å²) in [6.07, 6.45) is 3.40. The molecule has 1 N–H and O–H groups in total. The smallest absolute Gasteiger partial charge is 0.283 e.